The van der Waals surface area contributed by atoms with Crippen LogP contribution in [-0.4, -0.2) is 49.4 Å². The van der Waals surface area contributed by atoms with Crippen molar-refractivity contribution in [1.82, 2.24) is 0 Å². The van der Waals surface area contributed by atoms with E-state index in [4.69, 9.17) is 43.5 Å². The van der Waals surface area contributed by atoms with Crippen molar-refractivity contribution < 1.29 is 52.5 Å². The highest BCUT2D eigenvalue weighted by Gasteiger charge is 2.14. The van der Waals surface area contributed by atoms with Crippen LogP contribution in [0.1, 0.15) is 0 Å². The maximum atomic E-state index is 10.4. The first-order valence-corrected chi connectivity index (χ1v) is 9.95. The van der Waals surface area contributed by atoms with E-state index in [-0.39, 0.29) is 24.8 Å². The summed E-state index contributed by atoms with van der Waals surface area (Å²) in [6.45, 7) is 0. The molecule has 0 aliphatic rings. The van der Waals surface area contributed by atoms with Crippen molar-refractivity contribution in [1.29, 1.82) is 0 Å². The first kappa shape index (κ1) is 32.9. The smallest absolute Gasteiger partial charge is 0.431 e. The Morgan fingerprint density at radius 1 is 1.15 bits per heavy atom. The van der Waals surface area contributed by atoms with Crippen molar-refractivity contribution in [3.05, 3.63) is 0 Å². The van der Waals surface area contributed by atoms with Gasteiger partial charge in [-0.1, -0.05) is 4.57 Å². The zero-order valence-electron chi connectivity index (χ0n) is 10.8. The molecule has 124 valence electrons. The molecule has 0 radical (unpaired) electrons. The lowest BCUT2D eigenvalue weighted by Crippen LogP contribution is -3.00. The zero-order valence-corrected chi connectivity index (χ0v) is 17.2. The second-order valence-electron chi connectivity index (χ2n) is 2.86. The van der Waals surface area contributed by atoms with Crippen LogP contribution in [0, 0.1) is 0 Å². The highest BCUT2D eigenvalue weighted by molar-refractivity contribution is 8.05. The van der Waals surface area contributed by atoms with Gasteiger partial charge in [-0.05, 0) is 11.6 Å². The number of halogens is 6. The van der Waals surface area contributed by atoms with Crippen molar-refractivity contribution in [3.8, 4) is 0 Å². The molecule has 0 heterocycles. The molecule has 0 saturated heterocycles. The van der Waals surface area contributed by atoms with Gasteiger partial charge >= 0.3 is 19.9 Å². The number of hydrogen-bond acceptors (Lipinski definition) is 4. The minimum atomic E-state index is -3.37. The Hall–Kier alpha value is 1.17. The standard InChI is InChI=1S/C3H7Cl2NO2P.C3H7ClN.ClO2P.2ClH/c1-6(2)3-8-9(4,5)7;1-5(2)3-4;1-4(2)3;;/h3H,1-2H3;3H,1-2H3;;2*1H/q2*+1;;;/p-2. The third kappa shape index (κ3) is 75.3. The molecule has 0 rings (SSSR count). The molecule has 6 nitrogen and oxygen atoms in total. The van der Waals surface area contributed by atoms with E-state index in [0.717, 1.165) is 0 Å². The predicted molar refractivity (Wildman–Crippen MR) is 76.1 cm³/mol. The van der Waals surface area contributed by atoms with Gasteiger partial charge in [0.05, 0.1) is 0 Å². The zero-order chi connectivity index (χ0) is 15.4. The van der Waals surface area contributed by atoms with E-state index in [0.29, 0.717) is 0 Å². The highest BCUT2D eigenvalue weighted by Crippen LogP contribution is 2.56. The van der Waals surface area contributed by atoms with Crippen molar-refractivity contribution in [2.45, 2.75) is 0 Å². The van der Waals surface area contributed by atoms with E-state index in [1.807, 2.05) is 14.1 Å². The van der Waals surface area contributed by atoms with Crippen molar-refractivity contribution >= 4 is 70.9 Å². The number of nitrogens with zero attached hydrogens (tertiary/aromatic N) is 2. The average Bonchev–Trinajstić information content (AvgIpc) is 2.13. The summed E-state index contributed by atoms with van der Waals surface area (Å²) in [4.78, 5) is 8.80. The van der Waals surface area contributed by atoms with Gasteiger partial charge < -0.3 is 34.2 Å². The van der Waals surface area contributed by atoms with E-state index in [1.165, 1.54) is 16.6 Å². The molecule has 0 aliphatic carbocycles. The molecule has 0 saturated carbocycles. The van der Waals surface area contributed by atoms with Crippen LogP contribution in [0.4, 0.5) is 0 Å². The van der Waals surface area contributed by atoms with Gasteiger partial charge in [0.2, 0.25) is 16.9 Å². The molecule has 1 unspecified atom stereocenters. The van der Waals surface area contributed by atoms with E-state index >= 15 is 0 Å². The van der Waals surface area contributed by atoms with Gasteiger partial charge in [0.15, 0.2) is 0 Å². The van der Waals surface area contributed by atoms with Crippen LogP contribution in [0.15, 0.2) is 0 Å². The third-order valence-corrected chi connectivity index (χ3v) is 1.78. The first-order valence-electron chi connectivity index (χ1n) is 4.00. The molecule has 0 fully saturated rings. The Labute approximate surface area is 151 Å². The topological polar surface area (TPSA) is 72.5 Å². The molecule has 14 heteroatoms. The van der Waals surface area contributed by atoms with Crippen LogP contribution in [-0.2, 0) is 13.7 Å². The summed E-state index contributed by atoms with van der Waals surface area (Å²) >= 11 is 19.4. The molecule has 0 spiro atoms. The van der Waals surface area contributed by atoms with Gasteiger partial charge in [-0.2, -0.15) is 0 Å². The Kier molecular flexibility index (Phi) is 33.2. The second-order valence-corrected chi connectivity index (χ2v) is 8.54. The minimum Gasteiger partial charge on any atom is -1.00 e. The molecule has 0 aromatic carbocycles. The van der Waals surface area contributed by atoms with Crippen LogP contribution in [0.3, 0.4) is 0 Å². The van der Waals surface area contributed by atoms with Gasteiger partial charge in [-0.25, -0.2) is 13.7 Å². The van der Waals surface area contributed by atoms with E-state index < -0.39 is 13.5 Å². The minimum absolute atomic E-state index is 0. The highest BCUT2D eigenvalue weighted by atomic mass is 35.9. The summed E-state index contributed by atoms with van der Waals surface area (Å²) in [5.41, 5.74) is 1.47. The largest absolute Gasteiger partial charge is 1.00 e. The van der Waals surface area contributed by atoms with Crippen LogP contribution in [0.5, 0.6) is 0 Å². The lowest BCUT2D eigenvalue weighted by atomic mass is 11.1. The van der Waals surface area contributed by atoms with Gasteiger partial charge in [0.25, 0.3) is 0 Å². The summed E-state index contributed by atoms with van der Waals surface area (Å²) in [5, 5.41) is 0. The normalized spacial score (nSPS) is 8.75. The van der Waals surface area contributed by atoms with Crippen molar-refractivity contribution in [2.24, 2.45) is 0 Å². The summed E-state index contributed by atoms with van der Waals surface area (Å²) in [5.74, 6) is 0. The van der Waals surface area contributed by atoms with E-state index in [1.54, 1.807) is 18.7 Å². The molecule has 0 bridgehead atoms. The molecular weight excluding hydrogens is 439 g/mol. The molecule has 0 aromatic rings. The molecule has 0 aliphatic heterocycles. The molecule has 0 aromatic heterocycles. The molecule has 20 heavy (non-hydrogen) atoms. The van der Waals surface area contributed by atoms with Gasteiger partial charge in [-0.3, -0.25) is 0 Å². The maximum Gasteiger partial charge on any atom is 0.431 e. The summed E-state index contributed by atoms with van der Waals surface area (Å²) in [7, 11) is 4.48. The lowest BCUT2D eigenvalue weighted by molar-refractivity contribution is -0.466. The molecule has 0 N–H and O–H groups in total. The SMILES string of the molecule is C[N+](C)=CCl.C[N+](C)=COP(=O)(Cl)Cl.O=[P+]([O-])Cl.[Cl-].[Cl-]. The molecule has 0 amide bonds. The average molecular weight is 453 g/mol. The quantitative estimate of drug-likeness (QED) is 0.190. The summed E-state index contributed by atoms with van der Waals surface area (Å²) in [6, 6.07) is 0. The van der Waals surface area contributed by atoms with Gasteiger partial charge in [0.1, 0.15) is 28.2 Å². The third-order valence-electron chi connectivity index (χ3n) is 0.576. The van der Waals surface area contributed by atoms with Crippen LogP contribution in [0.25, 0.3) is 0 Å². The summed E-state index contributed by atoms with van der Waals surface area (Å²) in [6.07, 6.45) is -2.19. The van der Waals surface area contributed by atoms with Crippen LogP contribution < -0.4 is 29.7 Å². The first-order chi connectivity index (χ1) is 7.92. The summed E-state index contributed by atoms with van der Waals surface area (Å²) < 4.78 is 26.9. The Morgan fingerprint density at radius 3 is 1.45 bits per heavy atom. The Morgan fingerprint density at radius 2 is 1.40 bits per heavy atom. The Balaban J connectivity index is -0.0000000591. The molecular formula is C6H14Cl6N2O4P2. The lowest BCUT2D eigenvalue weighted by Gasteiger charge is -1.94. The van der Waals surface area contributed by atoms with Crippen molar-refractivity contribution in [2.75, 3.05) is 28.2 Å². The van der Waals surface area contributed by atoms with Gasteiger partial charge in [-0.15, -0.1) is 0 Å². The number of rotatable bonds is 2. The molecule has 1 atom stereocenters. The van der Waals surface area contributed by atoms with Crippen LogP contribution in [0.2, 0.25) is 0 Å². The Bertz CT molecular complexity index is 336. The second kappa shape index (κ2) is 20.2. The number of hydrogen-bond donors (Lipinski definition) is 0. The fraction of sp³-hybridized carbons (Fsp3) is 0.667. The van der Waals surface area contributed by atoms with E-state index in [2.05, 4.69) is 15.8 Å². The fourth-order valence-corrected chi connectivity index (χ4v) is 0.661. The van der Waals surface area contributed by atoms with E-state index in [9.17, 15) is 4.57 Å². The maximum absolute atomic E-state index is 10.4. The fourth-order valence-electron chi connectivity index (χ4n) is 0.149. The predicted octanol–water partition coefficient (Wildman–Crippen LogP) is -3.33. The van der Waals surface area contributed by atoms with Crippen molar-refractivity contribution in [3.63, 3.8) is 0 Å². The monoisotopic (exact) mass is 450 g/mol. The van der Waals surface area contributed by atoms with Crippen LogP contribution >= 0.6 is 58.8 Å². The van der Waals surface area contributed by atoms with Gasteiger partial charge in [0, 0.05) is 22.5 Å².